The van der Waals surface area contributed by atoms with Crippen molar-refractivity contribution in [3.63, 3.8) is 0 Å². The Hall–Kier alpha value is 0.320. The average molecular weight is 121 g/mol. The predicted octanol–water partition coefficient (Wildman–Crippen LogP) is 1.56. The van der Waals surface area contributed by atoms with E-state index in [2.05, 4.69) is 0 Å². The number of hydrogen-bond acceptors (Lipinski definition) is 1. The van der Waals surface area contributed by atoms with E-state index < -0.39 is 9.04 Å². The molecule has 0 aliphatic carbocycles. The van der Waals surface area contributed by atoms with Gasteiger partial charge in [-0.25, -0.2) is 4.20 Å². The maximum Gasteiger partial charge on any atom is 0.142 e. The lowest BCUT2D eigenvalue weighted by Gasteiger charge is -2.04. The van der Waals surface area contributed by atoms with Gasteiger partial charge in [0.25, 0.3) is 0 Å². The first-order valence-electron chi connectivity index (χ1n) is 2.55. The first-order valence-corrected chi connectivity index (χ1v) is 3.37. The molecular formula is C4H9FNP. The van der Waals surface area contributed by atoms with Gasteiger partial charge in [0.15, 0.2) is 0 Å². The van der Waals surface area contributed by atoms with Crippen LogP contribution in [0.2, 0.25) is 0 Å². The van der Waals surface area contributed by atoms with Crippen molar-refractivity contribution in [1.29, 1.82) is 0 Å². The van der Waals surface area contributed by atoms with Crippen molar-refractivity contribution in [3.8, 4) is 0 Å². The van der Waals surface area contributed by atoms with Crippen molar-refractivity contribution >= 4 is 9.04 Å². The summed E-state index contributed by atoms with van der Waals surface area (Å²) in [5, 5.41) is 0. The Morgan fingerprint density at radius 3 is 2.14 bits per heavy atom. The van der Waals surface area contributed by atoms with Crippen LogP contribution >= 0.6 is 9.04 Å². The van der Waals surface area contributed by atoms with E-state index in [0.29, 0.717) is 0 Å². The minimum absolute atomic E-state index is 0.455. The van der Waals surface area contributed by atoms with Crippen molar-refractivity contribution in [2.45, 2.75) is 12.8 Å². The molecule has 0 amide bonds. The average Bonchev–Trinajstić information content (AvgIpc) is 2.14. The molecule has 42 valence electrons. The zero-order valence-corrected chi connectivity index (χ0v) is 5.15. The van der Waals surface area contributed by atoms with Crippen LogP contribution in [-0.4, -0.2) is 17.8 Å². The summed E-state index contributed by atoms with van der Waals surface area (Å²) in [6.45, 7) is 1.96. The van der Waals surface area contributed by atoms with Gasteiger partial charge in [-0.2, -0.15) is 0 Å². The molecule has 1 rings (SSSR count). The monoisotopic (exact) mass is 121 g/mol. The number of rotatable bonds is 1. The van der Waals surface area contributed by atoms with Crippen LogP contribution in [0.3, 0.4) is 0 Å². The predicted molar refractivity (Wildman–Crippen MR) is 30.2 cm³/mol. The first kappa shape index (κ1) is 5.46. The largest absolute Gasteiger partial charge is 0.258 e. The Kier molecular flexibility index (Phi) is 2.01. The molecule has 0 spiro atoms. The Bertz CT molecular complexity index is 53.7. The summed E-state index contributed by atoms with van der Waals surface area (Å²) in [5.74, 6) is 0. The van der Waals surface area contributed by atoms with Gasteiger partial charge in [-0.3, -0.25) is 4.67 Å². The van der Waals surface area contributed by atoms with E-state index >= 15 is 0 Å². The van der Waals surface area contributed by atoms with E-state index in [9.17, 15) is 4.20 Å². The molecule has 3 heteroatoms. The van der Waals surface area contributed by atoms with Gasteiger partial charge in [-0.1, -0.05) is 0 Å². The molecule has 0 N–H and O–H groups in total. The summed E-state index contributed by atoms with van der Waals surface area (Å²) in [6, 6.07) is 0. The molecule has 1 unspecified atom stereocenters. The quantitative estimate of drug-likeness (QED) is 0.476. The van der Waals surface area contributed by atoms with E-state index in [1.165, 1.54) is 12.8 Å². The molecule has 0 saturated carbocycles. The Morgan fingerprint density at radius 1 is 1.29 bits per heavy atom. The van der Waals surface area contributed by atoms with Gasteiger partial charge in [0.05, 0.1) is 0 Å². The molecule has 1 saturated heterocycles. The van der Waals surface area contributed by atoms with E-state index in [1.54, 1.807) is 0 Å². The van der Waals surface area contributed by atoms with Crippen LogP contribution in [-0.2, 0) is 0 Å². The fraction of sp³-hybridized carbons (Fsp3) is 1.00. The van der Waals surface area contributed by atoms with Crippen LogP contribution < -0.4 is 0 Å². The molecule has 0 aromatic heterocycles. The zero-order chi connectivity index (χ0) is 5.11. The van der Waals surface area contributed by atoms with Crippen LogP contribution in [0.15, 0.2) is 0 Å². The fourth-order valence-electron chi connectivity index (χ4n) is 0.802. The molecule has 1 fully saturated rings. The molecule has 1 aliphatic rings. The summed E-state index contributed by atoms with van der Waals surface area (Å²) in [4.78, 5) is 0. The van der Waals surface area contributed by atoms with Crippen molar-refractivity contribution < 1.29 is 4.20 Å². The molecule has 0 bridgehead atoms. The van der Waals surface area contributed by atoms with E-state index in [0.717, 1.165) is 13.1 Å². The SMILES string of the molecule is FPN1CCCC1. The first-order chi connectivity index (χ1) is 3.43. The van der Waals surface area contributed by atoms with Gasteiger partial charge in [-0.15, -0.1) is 0 Å². The second-order valence-corrected chi connectivity index (χ2v) is 2.58. The Labute approximate surface area is 44.8 Å². The van der Waals surface area contributed by atoms with E-state index in [-0.39, 0.29) is 0 Å². The second-order valence-electron chi connectivity index (χ2n) is 1.78. The molecule has 1 aliphatic heterocycles. The molecule has 0 radical (unpaired) electrons. The van der Waals surface area contributed by atoms with Crippen LogP contribution in [0, 0.1) is 0 Å². The highest BCUT2D eigenvalue weighted by atomic mass is 31.1. The van der Waals surface area contributed by atoms with Crippen molar-refractivity contribution in [2.75, 3.05) is 13.1 Å². The Balaban J connectivity index is 2.14. The topological polar surface area (TPSA) is 3.24 Å². The van der Waals surface area contributed by atoms with Gasteiger partial charge in [0, 0.05) is 13.1 Å². The molecule has 7 heavy (non-hydrogen) atoms. The van der Waals surface area contributed by atoms with Crippen LogP contribution in [0.25, 0.3) is 0 Å². The van der Waals surface area contributed by atoms with Crippen molar-refractivity contribution in [2.24, 2.45) is 0 Å². The molecule has 0 aromatic carbocycles. The van der Waals surface area contributed by atoms with Crippen LogP contribution in [0.4, 0.5) is 4.20 Å². The van der Waals surface area contributed by atoms with Gasteiger partial charge < -0.3 is 0 Å². The summed E-state index contributed by atoms with van der Waals surface area (Å²) in [5.41, 5.74) is 0. The van der Waals surface area contributed by atoms with Crippen LogP contribution in [0.1, 0.15) is 12.8 Å². The summed E-state index contributed by atoms with van der Waals surface area (Å²) >= 11 is 0. The number of hydrogen-bond donors (Lipinski definition) is 0. The molecular weight excluding hydrogens is 112 g/mol. The molecule has 0 aromatic rings. The minimum atomic E-state index is -0.455. The number of halogens is 1. The van der Waals surface area contributed by atoms with Gasteiger partial charge in [0.2, 0.25) is 0 Å². The van der Waals surface area contributed by atoms with Crippen molar-refractivity contribution in [3.05, 3.63) is 0 Å². The summed E-state index contributed by atoms with van der Waals surface area (Å²) in [6.07, 6.45) is 2.38. The van der Waals surface area contributed by atoms with Gasteiger partial charge in [0.1, 0.15) is 9.04 Å². The van der Waals surface area contributed by atoms with Gasteiger partial charge in [-0.05, 0) is 12.8 Å². The van der Waals surface area contributed by atoms with Crippen molar-refractivity contribution in [1.82, 2.24) is 4.67 Å². The lowest BCUT2D eigenvalue weighted by atomic mass is 10.4. The zero-order valence-electron chi connectivity index (χ0n) is 4.15. The third kappa shape index (κ3) is 1.36. The lowest BCUT2D eigenvalue weighted by Crippen LogP contribution is -2.04. The summed E-state index contributed by atoms with van der Waals surface area (Å²) in [7, 11) is -0.455. The lowest BCUT2D eigenvalue weighted by molar-refractivity contribution is 0.550. The normalized spacial score (nSPS) is 25.3. The summed E-state index contributed by atoms with van der Waals surface area (Å²) < 4.78 is 13.5. The smallest absolute Gasteiger partial charge is 0.142 e. The van der Waals surface area contributed by atoms with E-state index in [1.807, 2.05) is 4.67 Å². The highest BCUT2D eigenvalue weighted by Crippen LogP contribution is 2.23. The van der Waals surface area contributed by atoms with E-state index in [4.69, 9.17) is 0 Å². The second kappa shape index (κ2) is 2.58. The molecule has 1 heterocycles. The Morgan fingerprint density at radius 2 is 1.86 bits per heavy atom. The van der Waals surface area contributed by atoms with Crippen LogP contribution in [0.5, 0.6) is 0 Å². The maximum atomic E-state index is 11.7. The standard InChI is InChI=1S/C4H9FNP/c5-7-6-3-1-2-4-6/h7H,1-4H2. The minimum Gasteiger partial charge on any atom is -0.258 e. The third-order valence-electron chi connectivity index (χ3n) is 1.23. The third-order valence-corrected chi connectivity index (χ3v) is 1.91. The molecule has 1 nitrogen and oxygen atoms in total. The highest BCUT2D eigenvalue weighted by Gasteiger charge is 2.09. The molecule has 1 atom stereocenters. The fourth-order valence-corrected chi connectivity index (χ4v) is 1.29. The number of nitrogens with zero attached hydrogens (tertiary/aromatic N) is 1. The highest BCUT2D eigenvalue weighted by molar-refractivity contribution is 7.28. The maximum absolute atomic E-state index is 11.7. The van der Waals surface area contributed by atoms with Gasteiger partial charge >= 0.3 is 0 Å².